The molecule has 0 bridgehead atoms. The first-order chi connectivity index (χ1) is 11.2. The van der Waals surface area contributed by atoms with E-state index in [9.17, 15) is 9.50 Å². The topological polar surface area (TPSA) is 32.7 Å². The number of piperidine rings is 1. The summed E-state index contributed by atoms with van der Waals surface area (Å²) in [6.07, 6.45) is 2.47. The second-order valence-corrected chi connectivity index (χ2v) is 8.48. The van der Waals surface area contributed by atoms with E-state index >= 15 is 0 Å². The summed E-state index contributed by atoms with van der Waals surface area (Å²) in [5, 5.41) is 11.9. The monoisotopic (exact) mass is 335 g/mol. The van der Waals surface area contributed by atoms with Crippen molar-refractivity contribution in [3.63, 3.8) is 0 Å². The second-order valence-electron chi connectivity index (χ2n) is 8.48. The van der Waals surface area contributed by atoms with E-state index in [1.165, 1.54) is 6.07 Å². The van der Waals surface area contributed by atoms with E-state index in [2.05, 4.69) is 25.8 Å². The van der Waals surface area contributed by atoms with E-state index in [1.54, 1.807) is 0 Å². The van der Waals surface area contributed by atoms with Gasteiger partial charge in [-0.1, -0.05) is 19.9 Å². The van der Waals surface area contributed by atoms with Crippen LogP contribution < -0.4 is 4.74 Å². The highest BCUT2D eigenvalue weighted by Crippen LogP contribution is 2.59. The van der Waals surface area contributed by atoms with Crippen LogP contribution >= 0.6 is 0 Å². The molecule has 1 unspecified atom stereocenters. The minimum atomic E-state index is -1.05. The molecule has 1 aromatic carbocycles. The van der Waals surface area contributed by atoms with E-state index in [1.807, 2.05) is 19.9 Å². The smallest absolute Gasteiger partial charge is 0.165 e. The highest BCUT2D eigenvalue weighted by atomic mass is 19.1. The van der Waals surface area contributed by atoms with Crippen LogP contribution in [0.3, 0.4) is 0 Å². The van der Waals surface area contributed by atoms with Crippen molar-refractivity contribution in [3.8, 4) is 5.75 Å². The maximum atomic E-state index is 14.6. The third-order valence-electron chi connectivity index (χ3n) is 5.90. The Morgan fingerprint density at radius 1 is 1.25 bits per heavy atom. The van der Waals surface area contributed by atoms with Crippen molar-refractivity contribution in [1.82, 2.24) is 4.90 Å². The van der Waals surface area contributed by atoms with Gasteiger partial charge in [-0.05, 0) is 70.8 Å². The molecule has 134 valence electrons. The third kappa shape index (κ3) is 2.64. The van der Waals surface area contributed by atoms with Crippen LogP contribution in [0.15, 0.2) is 12.1 Å². The van der Waals surface area contributed by atoms with Gasteiger partial charge in [-0.25, -0.2) is 4.39 Å². The predicted molar refractivity (Wildman–Crippen MR) is 93.8 cm³/mol. The summed E-state index contributed by atoms with van der Waals surface area (Å²) in [4.78, 5) is 2.29. The highest BCUT2D eigenvalue weighted by Gasteiger charge is 2.57. The number of rotatable bonds is 3. The molecule has 1 saturated heterocycles. The Morgan fingerprint density at radius 2 is 1.88 bits per heavy atom. The molecule has 1 heterocycles. The zero-order valence-corrected chi connectivity index (χ0v) is 15.5. The molecule has 1 fully saturated rings. The predicted octanol–water partition coefficient (Wildman–Crippen LogP) is 3.72. The van der Waals surface area contributed by atoms with E-state index in [0.29, 0.717) is 5.56 Å². The number of aliphatic hydroxyl groups is 1. The Morgan fingerprint density at radius 3 is 2.46 bits per heavy atom. The SMILES string of the molecule is CC(C)Oc1c(F)ccc2c1C(O)(C1CCN(C)CC1)C(C)(C)C2. The first-order valence-corrected chi connectivity index (χ1v) is 9.06. The lowest BCUT2D eigenvalue weighted by Crippen LogP contribution is -2.49. The molecule has 2 aliphatic rings. The molecule has 1 aliphatic carbocycles. The molecule has 3 nitrogen and oxygen atoms in total. The molecule has 1 atom stereocenters. The normalized spacial score (nSPS) is 27.5. The average molecular weight is 335 g/mol. The Balaban J connectivity index is 2.12. The van der Waals surface area contributed by atoms with Crippen LogP contribution in [0.25, 0.3) is 0 Å². The molecular formula is C20H30FNO2. The largest absolute Gasteiger partial charge is 0.488 e. The van der Waals surface area contributed by atoms with E-state index in [0.717, 1.165) is 37.9 Å². The molecule has 0 radical (unpaired) electrons. The number of nitrogens with zero attached hydrogens (tertiary/aromatic N) is 1. The van der Waals surface area contributed by atoms with Gasteiger partial charge in [-0.2, -0.15) is 0 Å². The Bertz CT molecular complexity index is 620. The maximum absolute atomic E-state index is 14.6. The van der Waals surface area contributed by atoms with E-state index in [-0.39, 0.29) is 29.0 Å². The van der Waals surface area contributed by atoms with Gasteiger partial charge in [0.05, 0.1) is 6.10 Å². The summed E-state index contributed by atoms with van der Waals surface area (Å²) >= 11 is 0. The van der Waals surface area contributed by atoms with Gasteiger partial charge >= 0.3 is 0 Å². The van der Waals surface area contributed by atoms with Crippen LogP contribution in [0, 0.1) is 17.2 Å². The molecule has 1 aromatic rings. The fraction of sp³-hybridized carbons (Fsp3) is 0.700. The van der Waals surface area contributed by atoms with Crippen LogP contribution in [0.5, 0.6) is 5.75 Å². The minimum absolute atomic E-state index is 0.126. The molecule has 1 N–H and O–H groups in total. The molecular weight excluding hydrogens is 305 g/mol. The van der Waals surface area contributed by atoms with Crippen LogP contribution in [0.4, 0.5) is 4.39 Å². The number of likely N-dealkylation sites (tertiary alicyclic amines) is 1. The first-order valence-electron chi connectivity index (χ1n) is 9.06. The zero-order valence-electron chi connectivity index (χ0n) is 15.5. The molecule has 0 amide bonds. The van der Waals surface area contributed by atoms with Crippen LogP contribution in [0.1, 0.15) is 51.7 Å². The van der Waals surface area contributed by atoms with Gasteiger partial charge in [0.2, 0.25) is 0 Å². The molecule has 4 heteroatoms. The molecule has 1 aliphatic heterocycles. The van der Waals surface area contributed by atoms with Crippen molar-refractivity contribution >= 4 is 0 Å². The number of fused-ring (bicyclic) bond motifs is 1. The Labute approximate surface area is 144 Å². The quantitative estimate of drug-likeness (QED) is 0.914. The maximum Gasteiger partial charge on any atom is 0.165 e. The van der Waals surface area contributed by atoms with Crippen molar-refractivity contribution in [2.24, 2.45) is 11.3 Å². The van der Waals surface area contributed by atoms with Gasteiger partial charge in [-0.15, -0.1) is 0 Å². The lowest BCUT2D eigenvalue weighted by molar-refractivity contribution is -0.123. The van der Waals surface area contributed by atoms with Gasteiger partial charge in [-0.3, -0.25) is 0 Å². The van der Waals surface area contributed by atoms with Gasteiger partial charge in [0, 0.05) is 11.0 Å². The summed E-state index contributed by atoms with van der Waals surface area (Å²) in [5.74, 6) is 0.0160. The van der Waals surface area contributed by atoms with Crippen molar-refractivity contribution in [3.05, 3.63) is 29.1 Å². The van der Waals surface area contributed by atoms with Gasteiger partial charge in [0.1, 0.15) is 5.60 Å². The van der Waals surface area contributed by atoms with Crippen LogP contribution in [0.2, 0.25) is 0 Å². The van der Waals surface area contributed by atoms with E-state index in [4.69, 9.17) is 4.74 Å². The Kier molecular flexibility index (Phi) is 4.42. The number of ether oxygens (including phenoxy) is 1. The standard InChI is InChI=1S/C20H30FNO2/c1-13(2)24-18-16(21)7-6-14-12-19(3,4)20(23,17(14)18)15-8-10-22(5)11-9-15/h6-7,13,15,23H,8-12H2,1-5H3. The van der Waals surface area contributed by atoms with E-state index < -0.39 is 5.60 Å². The number of hydrogen-bond donors (Lipinski definition) is 1. The molecule has 3 rings (SSSR count). The molecule has 0 saturated carbocycles. The van der Waals surface area contributed by atoms with Gasteiger partial charge < -0.3 is 14.7 Å². The van der Waals surface area contributed by atoms with Gasteiger partial charge in [0.25, 0.3) is 0 Å². The highest BCUT2D eigenvalue weighted by molar-refractivity contribution is 5.51. The summed E-state index contributed by atoms with van der Waals surface area (Å²) in [5.41, 5.74) is 0.351. The van der Waals surface area contributed by atoms with Gasteiger partial charge in [0.15, 0.2) is 11.6 Å². The molecule has 0 aromatic heterocycles. The zero-order chi connectivity index (χ0) is 17.7. The summed E-state index contributed by atoms with van der Waals surface area (Å²) in [7, 11) is 2.11. The van der Waals surface area contributed by atoms with Crippen molar-refractivity contribution in [1.29, 1.82) is 0 Å². The Hall–Kier alpha value is -1.13. The van der Waals surface area contributed by atoms with Crippen molar-refractivity contribution in [2.45, 2.75) is 58.7 Å². The molecule has 0 spiro atoms. The lowest BCUT2D eigenvalue weighted by Gasteiger charge is -2.47. The van der Waals surface area contributed by atoms with Crippen molar-refractivity contribution < 1.29 is 14.2 Å². The fourth-order valence-electron chi connectivity index (χ4n) is 4.65. The number of benzene rings is 1. The fourth-order valence-corrected chi connectivity index (χ4v) is 4.65. The number of halogens is 1. The van der Waals surface area contributed by atoms with Crippen LogP contribution in [-0.4, -0.2) is 36.2 Å². The second kappa shape index (κ2) is 5.99. The lowest BCUT2D eigenvalue weighted by atomic mass is 9.65. The first kappa shape index (κ1) is 17.7. The third-order valence-corrected chi connectivity index (χ3v) is 5.90. The number of hydrogen-bond acceptors (Lipinski definition) is 3. The molecule has 24 heavy (non-hydrogen) atoms. The summed E-state index contributed by atoms with van der Waals surface area (Å²) in [6, 6.07) is 3.31. The average Bonchev–Trinajstić information content (AvgIpc) is 2.70. The minimum Gasteiger partial charge on any atom is -0.488 e. The summed E-state index contributed by atoms with van der Waals surface area (Å²) in [6.45, 7) is 9.92. The van der Waals surface area contributed by atoms with Crippen molar-refractivity contribution in [2.75, 3.05) is 20.1 Å². The summed E-state index contributed by atoms with van der Waals surface area (Å²) < 4.78 is 20.4. The van der Waals surface area contributed by atoms with Crippen LogP contribution in [-0.2, 0) is 12.0 Å².